The Morgan fingerprint density at radius 1 is 1.46 bits per heavy atom. The zero-order valence-electron chi connectivity index (χ0n) is 6.97. The normalized spacial score (nSPS) is 10.2. The fraction of sp³-hybridized carbons (Fsp3) is 0.100. The Balaban J connectivity index is 2.92. The van der Waals surface area contributed by atoms with Crippen molar-refractivity contribution in [2.45, 2.75) is 6.92 Å². The number of rotatable bonds is 0. The molecule has 0 atom stereocenters. The predicted molar refractivity (Wildman–Crippen MR) is 59.0 cm³/mol. The number of benzene rings is 1. The van der Waals surface area contributed by atoms with Crippen molar-refractivity contribution in [2.24, 2.45) is 0 Å². The second-order valence-electron chi connectivity index (χ2n) is 2.88. The molecule has 0 N–H and O–H groups in total. The molecule has 0 bridgehead atoms. The summed E-state index contributed by atoms with van der Waals surface area (Å²) in [5, 5.41) is 11.8. The Labute approximate surface area is 88.7 Å². The number of thiophene rings is 1. The average Bonchev–Trinajstić information content (AvgIpc) is 2.47. The minimum Gasteiger partial charge on any atom is -0.192 e. The minimum absolute atomic E-state index is 0.756. The molecule has 1 aromatic carbocycles. The Kier molecular flexibility index (Phi) is 2.10. The van der Waals surface area contributed by atoms with Gasteiger partial charge in [-0.25, -0.2) is 0 Å². The zero-order valence-corrected chi connectivity index (χ0v) is 9.37. The van der Waals surface area contributed by atoms with E-state index in [1.54, 1.807) is 11.3 Å². The van der Waals surface area contributed by atoms with Crippen molar-refractivity contribution in [3.8, 4) is 6.07 Å². The molecular weight excluding hydrogens is 246 g/mol. The third kappa shape index (κ3) is 1.37. The Bertz CT molecular complexity index is 507. The molecule has 1 nitrogen and oxygen atoms in total. The van der Waals surface area contributed by atoms with E-state index in [9.17, 15) is 0 Å². The van der Waals surface area contributed by atoms with Gasteiger partial charge in [-0.05, 0) is 24.6 Å². The number of nitriles is 1. The lowest BCUT2D eigenvalue weighted by atomic mass is 10.1. The highest BCUT2D eigenvalue weighted by Gasteiger charge is 2.07. The van der Waals surface area contributed by atoms with Gasteiger partial charge in [0.1, 0.15) is 6.07 Å². The molecule has 64 valence electrons. The Hall–Kier alpha value is -0.850. The molecule has 1 heterocycles. The van der Waals surface area contributed by atoms with Gasteiger partial charge in [0, 0.05) is 19.9 Å². The lowest BCUT2D eigenvalue weighted by Crippen LogP contribution is -1.75. The van der Waals surface area contributed by atoms with Crippen LogP contribution in [-0.2, 0) is 0 Å². The number of fused-ring (bicyclic) bond motifs is 1. The van der Waals surface area contributed by atoms with Gasteiger partial charge in [-0.1, -0.05) is 15.9 Å². The third-order valence-electron chi connectivity index (χ3n) is 1.89. The van der Waals surface area contributed by atoms with Crippen molar-refractivity contribution in [1.29, 1.82) is 5.26 Å². The first-order valence-electron chi connectivity index (χ1n) is 3.80. The van der Waals surface area contributed by atoms with Crippen LogP contribution in [0.3, 0.4) is 0 Å². The van der Waals surface area contributed by atoms with Crippen LogP contribution < -0.4 is 0 Å². The molecule has 0 saturated carbocycles. The molecule has 1 aromatic heterocycles. The van der Waals surface area contributed by atoms with Gasteiger partial charge >= 0.3 is 0 Å². The summed E-state index contributed by atoms with van der Waals surface area (Å²) in [5.41, 5.74) is 1.97. The van der Waals surface area contributed by atoms with E-state index in [0.717, 1.165) is 15.4 Å². The second kappa shape index (κ2) is 3.13. The van der Waals surface area contributed by atoms with Crippen molar-refractivity contribution in [3.05, 3.63) is 33.1 Å². The summed E-state index contributed by atoms with van der Waals surface area (Å²) >= 11 is 5.09. The summed E-state index contributed by atoms with van der Waals surface area (Å²) < 4.78 is 2.18. The molecule has 0 amide bonds. The van der Waals surface area contributed by atoms with E-state index in [1.807, 2.05) is 11.4 Å². The molecule has 0 fully saturated rings. The first kappa shape index (κ1) is 8.74. The molecule has 2 rings (SSSR count). The molecule has 0 aliphatic heterocycles. The fourth-order valence-corrected chi connectivity index (χ4v) is 3.25. The molecular formula is C10H6BrNS. The summed E-state index contributed by atoms with van der Waals surface area (Å²) in [7, 11) is 0. The van der Waals surface area contributed by atoms with E-state index in [1.165, 1.54) is 10.3 Å². The maximum atomic E-state index is 8.85. The number of aryl methyl sites for hydroxylation is 1. The van der Waals surface area contributed by atoms with Gasteiger partial charge in [0.2, 0.25) is 0 Å². The van der Waals surface area contributed by atoms with Crippen molar-refractivity contribution in [2.75, 3.05) is 0 Å². The first-order chi connectivity index (χ1) is 6.22. The van der Waals surface area contributed by atoms with Crippen molar-refractivity contribution < 1.29 is 0 Å². The Morgan fingerprint density at radius 2 is 2.23 bits per heavy atom. The van der Waals surface area contributed by atoms with E-state index in [0.29, 0.717) is 0 Å². The SMILES string of the molecule is Cc1cc(Br)c2c(C#N)csc2c1. The molecule has 3 heteroatoms. The highest BCUT2D eigenvalue weighted by Crippen LogP contribution is 2.32. The van der Waals surface area contributed by atoms with Crippen molar-refractivity contribution in [1.82, 2.24) is 0 Å². The van der Waals surface area contributed by atoms with Gasteiger partial charge in [0.25, 0.3) is 0 Å². The lowest BCUT2D eigenvalue weighted by Gasteiger charge is -1.97. The molecule has 0 saturated heterocycles. The second-order valence-corrected chi connectivity index (χ2v) is 4.65. The highest BCUT2D eigenvalue weighted by atomic mass is 79.9. The predicted octanol–water partition coefficient (Wildman–Crippen LogP) is 3.84. The topological polar surface area (TPSA) is 23.8 Å². The van der Waals surface area contributed by atoms with Crippen LogP contribution in [-0.4, -0.2) is 0 Å². The zero-order chi connectivity index (χ0) is 9.42. The van der Waals surface area contributed by atoms with Gasteiger partial charge in [0.05, 0.1) is 5.56 Å². The molecule has 2 aromatic rings. The van der Waals surface area contributed by atoms with Gasteiger partial charge < -0.3 is 0 Å². The van der Waals surface area contributed by atoms with E-state index in [2.05, 4.69) is 35.0 Å². The van der Waals surface area contributed by atoms with Gasteiger partial charge in [-0.15, -0.1) is 11.3 Å². The average molecular weight is 252 g/mol. The molecule has 0 radical (unpaired) electrons. The summed E-state index contributed by atoms with van der Waals surface area (Å²) in [6.07, 6.45) is 0. The van der Waals surface area contributed by atoms with Crippen molar-refractivity contribution >= 4 is 37.4 Å². The van der Waals surface area contributed by atoms with Gasteiger partial charge in [-0.3, -0.25) is 0 Å². The van der Waals surface area contributed by atoms with Gasteiger partial charge in [-0.2, -0.15) is 5.26 Å². The van der Waals surface area contributed by atoms with Crippen LogP contribution in [0.4, 0.5) is 0 Å². The van der Waals surface area contributed by atoms with Crippen LogP contribution >= 0.6 is 27.3 Å². The monoisotopic (exact) mass is 251 g/mol. The smallest absolute Gasteiger partial charge is 0.101 e. The highest BCUT2D eigenvalue weighted by molar-refractivity contribution is 9.10. The van der Waals surface area contributed by atoms with Crippen LogP contribution in [0.25, 0.3) is 10.1 Å². The standard InChI is InChI=1S/C10H6BrNS/c1-6-2-8(11)10-7(4-12)5-13-9(10)3-6/h2-3,5H,1H3. The summed E-state index contributed by atoms with van der Waals surface area (Å²) in [6.45, 7) is 2.05. The largest absolute Gasteiger partial charge is 0.192 e. The minimum atomic E-state index is 0.756. The van der Waals surface area contributed by atoms with Crippen LogP contribution in [0.1, 0.15) is 11.1 Å². The lowest BCUT2D eigenvalue weighted by molar-refractivity contribution is 1.49. The Morgan fingerprint density at radius 3 is 2.92 bits per heavy atom. The summed E-state index contributed by atoms with van der Waals surface area (Å²) in [4.78, 5) is 0. The van der Waals surface area contributed by atoms with Crippen LogP contribution in [0.2, 0.25) is 0 Å². The van der Waals surface area contributed by atoms with E-state index in [4.69, 9.17) is 5.26 Å². The number of nitrogens with zero attached hydrogens (tertiary/aromatic N) is 1. The molecule has 0 spiro atoms. The quantitative estimate of drug-likeness (QED) is 0.698. The maximum absolute atomic E-state index is 8.85. The van der Waals surface area contributed by atoms with Crippen LogP contribution in [0.15, 0.2) is 22.0 Å². The number of hydrogen-bond donors (Lipinski definition) is 0. The van der Waals surface area contributed by atoms with Crippen molar-refractivity contribution in [3.63, 3.8) is 0 Å². The number of halogens is 1. The molecule has 0 aliphatic carbocycles. The fourth-order valence-electron chi connectivity index (χ4n) is 1.33. The summed E-state index contributed by atoms with van der Waals surface area (Å²) in [5.74, 6) is 0. The maximum Gasteiger partial charge on any atom is 0.101 e. The molecule has 13 heavy (non-hydrogen) atoms. The van der Waals surface area contributed by atoms with E-state index >= 15 is 0 Å². The molecule has 0 unspecified atom stereocenters. The first-order valence-corrected chi connectivity index (χ1v) is 5.47. The van der Waals surface area contributed by atoms with Gasteiger partial charge in [0.15, 0.2) is 0 Å². The number of hydrogen-bond acceptors (Lipinski definition) is 2. The summed E-state index contributed by atoms with van der Waals surface area (Å²) in [6, 6.07) is 6.33. The van der Waals surface area contributed by atoms with Crippen LogP contribution in [0.5, 0.6) is 0 Å². The van der Waals surface area contributed by atoms with Crippen LogP contribution in [0, 0.1) is 18.3 Å². The van der Waals surface area contributed by atoms with E-state index in [-0.39, 0.29) is 0 Å². The van der Waals surface area contributed by atoms with E-state index < -0.39 is 0 Å². The molecule has 0 aliphatic rings. The third-order valence-corrected chi connectivity index (χ3v) is 3.45.